The summed E-state index contributed by atoms with van der Waals surface area (Å²) in [4.78, 5) is 16.5. The molecule has 8 nitrogen and oxygen atoms in total. The maximum Gasteiger partial charge on any atom is 0.323 e. The first-order valence-corrected chi connectivity index (χ1v) is 5.21. The zero-order valence-electron chi connectivity index (χ0n) is 9.31. The number of aromatic nitrogens is 5. The fourth-order valence-corrected chi connectivity index (χ4v) is 1.59. The van der Waals surface area contributed by atoms with E-state index in [2.05, 4.69) is 20.5 Å². The first-order valence-electron chi connectivity index (χ1n) is 5.21. The van der Waals surface area contributed by atoms with Crippen molar-refractivity contribution in [2.75, 3.05) is 18.0 Å². The van der Waals surface area contributed by atoms with Gasteiger partial charge < -0.3 is 10.0 Å². The summed E-state index contributed by atoms with van der Waals surface area (Å²) in [5.74, 6) is -0.319. The Morgan fingerprint density at radius 2 is 2.35 bits per heavy atom. The van der Waals surface area contributed by atoms with Crippen LogP contribution < -0.4 is 4.90 Å². The highest BCUT2D eigenvalue weighted by Crippen LogP contribution is 2.12. The quantitative estimate of drug-likeness (QED) is 0.769. The first kappa shape index (κ1) is 11.2. The first-order chi connectivity index (χ1) is 8.22. The molecule has 0 fully saturated rings. The lowest BCUT2D eigenvalue weighted by atomic mass is 10.4. The van der Waals surface area contributed by atoms with Gasteiger partial charge in [-0.2, -0.15) is 4.52 Å². The molecule has 2 heterocycles. The zero-order chi connectivity index (χ0) is 12.3. The maximum absolute atomic E-state index is 10.8. The van der Waals surface area contributed by atoms with E-state index in [0.717, 1.165) is 6.42 Å². The third-order valence-electron chi connectivity index (χ3n) is 2.23. The summed E-state index contributed by atoms with van der Waals surface area (Å²) < 4.78 is 1.48. The summed E-state index contributed by atoms with van der Waals surface area (Å²) in [5, 5.41) is 20.0. The Morgan fingerprint density at radius 1 is 1.53 bits per heavy atom. The number of carboxylic acids is 1. The van der Waals surface area contributed by atoms with E-state index in [-0.39, 0.29) is 6.54 Å². The van der Waals surface area contributed by atoms with Gasteiger partial charge in [0.25, 0.3) is 0 Å². The Morgan fingerprint density at radius 3 is 3.06 bits per heavy atom. The summed E-state index contributed by atoms with van der Waals surface area (Å²) in [6.45, 7) is 2.48. The van der Waals surface area contributed by atoms with Crippen molar-refractivity contribution in [2.24, 2.45) is 0 Å². The Hall–Kier alpha value is -2.25. The SMILES string of the molecule is CCCN(CC(=O)O)c1cncc2nnnn12. The molecule has 1 N–H and O–H groups in total. The standard InChI is InChI=1S/C9H12N6O2/c1-2-3-14(6-9(16)17)8-5-10-4-7-11-12-13-15(7)8/h4-5H,2-3,6H2,1H3,(H,16,17). The fraction of sp³-hybridized carbons (Fsp3) is 0.444. The Bertz CT molecular complexity index is 525. The van der Waals surface area contributed by atoms with Gasteiger partial charge in [0.2, 0.25) is 0 Å². The molecule has 0 aliphatic heterocycles. The minimum Gasteiger partial charge on any atom is -0.480 e. The zero-order valence-corrected chi connectivity index (χ0v) is 9.31. The molecule has 8 heteroatoms. The van der Waals surface area contributed by atoms with Crippen LogP contribution in [-0.4, -0.2) is 49.2 Å². The molecular formula is C9H12N6O2. The number of carbonyl (C=O) groups is 1. The molecule has 17 heavy (non-hydrogen) atoms. The van der Waals surface area contributed by atoms with Crippen LogP contribution in [0.2, 0.25) is 0 Å². The van der Waals surface area contributed by atoms with E-state index in [4.69, 9.17) is 5.11 Å². The fourth-order valence-electron chi connectivity index (χ4n) is 1.59. The third kappa shape index (κ3) is 2.30. The smallest absolute Gasteiger partial charge is 0.323 e. The van der Waals surface area contributed by atoms with E-state index in [0.29, 0.717) is 18.0 Å². The number of hydrogen-bond donors (Lipinski definition) is 1. The number of anilines is 1. The van der Waals surface area contributed by atoms with Gasteiger partial charge in [-0.25, -0.2) is 0 Å². The highest BCUT2D eigenvalue weighted by atomic mass is 16.4. The van der Waals surface area contributed by atoms with Gasteiger partial charge in [0.05, 0.1) is 12.4 Å². The number of fused-ring (bicyclic) bond motifs is 1. The van der Waals surface area contributed by atoms with Crippen molar-refractivity contribution >= 4 is 17.4 Å². The third-order valence-corrected chi connectivity index (χ3v) is 2.23. The minimum absolute atomic E-state index is 0.103. The molecule has 0 aromatic carbocycles. The molecule has 2 aromatic rings. The molecule has 2 aromatic heterocycles. The van der Waals surface area contributed by atoms with Crippen LogP contribution in [0.4, 0.5) is 5.82 Å². The molecular weight excluding hydrogens is 224 g/mol. The van der Waals surface area contributed by atoms with Crippen molar-refractivity contribution in [1.29, 1.82) is 0 Å². The molecule has 0 saturated heterocycles. The molecule has 0 aliphatic carbocycles. The summed E-state index contributed by atoms with van der Waals surface area (Å²) >= 11 is 0. The second-order valence-corrected chi connectivity index (χ2v) is 3.53. The normalized spacial score (nSPS) is 10.6. The Labute approximate surface area is 96.9 Å². The van der Waals surface area contributed by atoms with Gasteiger partial charge in [0, 0.05) is 6.54 Å². The molecule has 0 amide bonds. The summed E-state index contributed by atoms with van der Waals surface area (Å²) in [7, 11) is 0. The predicted molar refractivity (Wildman–Crippen MR) is 58.7 cm³/mol. The number of rotatable bonds is 5. The minimum atomic E-state index is -0.900. The highest BCUT2D eigenvalue weighted by Gasteiger charge is 2.14. The second-order valence-electron chi connectivity index (χ2n) is 3.53. The van der Waals surface area contributed by atoms with Crippen molar-refractivity contribution < 1.29 is 9.90 Å². The average Bonchev–Trinajstić information content (AvgIpc) is 2.75. The number of aliphatic carboxylic acids is 1. The number of tetrazole rings is 1. The Kier molecular flexibility index (Phi) is 3.12. The van der Waals surface area contributed by atoms with Gasteiger partial charge in [0.1, 0.15) is 6.54 Å². The van der Waals surface area contributed by atoms with Gasteiger partial charge in [0.15, 0.2) is 11.5 Å². The number of carboxylic acid groups (broad SMARTS) is 1. The molecule has 0 atom stereocenters. The van der Waals surface area contributed by atoms with Crippen molar-refractivity contribution in [3.63, 3.8) is 0 Å². The van der Waals surface area contributed by atoms with E-state index in [1.165, 1.54) is 10.7 Å². The van der Waals surface area contributed by atoms with Crippen LogP contribution in [0.5, 0.6) is 0 Å². The van der Waals surface area contributed by atoms with Crippen LogP contribution in [0.15, 0.2) is 12.4 Å². The van der Waals surface area contributed by atoms with Gasteiger partial charge in [-0.15, -0.1) is 5.10 Å². The molecule has 0 unspecified atom stereocenters. The van der Waals surface area contributed by atoms with Gasteiger partial charge in [-0.3, -0.25) is 9.78 Å². The molecule has 2 rings (SSSR count). The molecule has 0 saturated carbocycles. The lowest BCUT2D eigenvalue weighted by Crippen LogP contribution is -2.32. The van der Waals surface area contributed by atoms with Crippen LogP contribution in [0, 0.1) is 0 Å². The van der Waals surface area contributed by atoms with Crippen molar-refractivity contribution in [3.8, 4) is 0 Å². The highest BCUT2D eigenvalue weighted by molar-refractivity contribution is 5.73. The molecule has 0 aliphatic rings. The summed E-state index contributed by atoms with van der Waals surface area (Å²) in [6, 6.07) is 0. The van der Waals surface area contributed by atoms with Crippen LogP contribution in [0.3, 0.4) is 0 Å². The second kappa shape index (κ2) is 4.73. The monoisotopic (exact) mass is 236 g/mol. The van der Waals surface area contributed by atoms with Crippen LogP contribution in [0.1, 0.15) is 13.3 Å². The maximum atomic E-state index is 10.8. The molecule has 90 valence electrons. The van der Waals surface area contributed by atoms with Crippen LogP contribution in [0.25, 0.3) is 5.65 Å². The molecule has 0 radical (unpaired) electrons. The average molecular weight is 236 g/mol. The van der Waals surface area contributed by atoms with E-state index in [1.807, 2.05) is 6.92 Å². The van der Waals surface area contributed by atoms with Gasteiger partial charge in [-0.05, 0) is 16.8 Å². The van der Waals surface area contributed by atoms with Gasteiger partial charge >= 0.3 is 5.97 Å². The van der Waals surface area contributed by atoms with E-state index < -0.39 is 5.97 Å². The van der Waals surface area contributed by atoms with Crippen molar-refractivity contribution in [3.05, 3.63) is 12.4 Å². The Balaban J connectivity index is 2.40. The topological polar surface area (TPSA) is 96.5 Å². The van der Waals surface area contributed by atoms with E-state index >= 15 is 0 Å². The lowest BCUT2D eigenvalue weighted by Gasteiger charge is -2.21. The summed E-state index contributed by atoms with van der Waals surface area (Å²) in [5.41, 5.74) is 0.494. The van der Waals surface area contributed by atoms with E-state index in [9.17, 15) is 4.79 Å². The van der Waals surface area contributed by atoms with Crippen molar-refractivity contribution in [2.45, 2.75) is 13.3 Å². The van der Waals surface area contributed by atoms with Gasteiger partial charge in [-0.1, -0.05) is 6.92 Å². The van der Waals surface area contributed by atoms with Crippen molar-refractivity contribution in [1.82, 2.24) is 25.0 Å². The number of hydrogen-bond acceptors (Lipinski definition) is 6. The summed E-state index contributed by atoms with van der Waals surface area (Å²) in [6.07, 6.45) is 3.90. The molecule has 0 bridgehead atoms. The van der Waals surface area contributed by atoms with Crippen LogP contribution in [-0.2, 0) is 4.79 Å². The lowest BCUT2D eigenvalue weighted by molar-refractivity contribution is -0.135. The van der Waals surface area contributed by atoms with E-state index in [1.54, 1.807) is 11.1 Å². The predicted octanol–water partition coefficient (Wildman–Crippen LogP) is -0.180. The van der Waals surface area contributed by atoms with Crippen LogP contribution >= 0.6 is 0 Å². The molecule has 0 spiro atoms. The number of nitrogens with zero attached hydrogens (tertiary/aromatic N) is 6. The largest absolute Gasteiger partial charge is 0.480 e.